The highest BCUT2D eigenvalue weighted by Crippen LogP contribution is 2.25. The highest BCUT2D eigenvalue weighted by Gasteiger charge is 2.24. The summed E-state index contributed by atoms with van der Waals surface area (Å²) in [5.41, 5.74) is 2.18. The Morgan fingerprint density at radius 2 is 1.81 bits per heavy atom. The van der Waals surface area contributed by atoms with Gasteiger partial charge in [-0.05, 0) is 39.0 Å². The molecule has 3 rings (SSSR count). The second kappa shape index (κ2) is 7.45. The van der Waals surface area contributed by atoms with Crippen LogP contribution in [0.25, 0.3) is 11.0 Å². The van der Waals surface area contributed by atoms with Crippen LogP contribution in [0.3, 0.4) is 0 Å². The van der Waals surface area contributed by atoms with Crippen LogP contribution in [0.5, 0.6) is 0 Å². The molecule has 0 aliphatic heterocycles. The van der Waals surface area contributed by atoms with E-state index in [1.807, 2.05) is 18.2 Å². The van der Waals surface area contributed by atoms with Crippen LogP contribution in [-0.2, 0) is 9.53 Å². The van der Waals surface area contributed by atoms with Crippen molar-refractivity contribution in [3.8, 4) is 0 Å². The summed E-state index contributed by atoms with van der Waals surface area (Å²) in [6.07, 6.45) is -1.04. The van der Waals surface area contributed by atoms with Gasteiger partial charge in [0.05, 0.1) is 0 Å². The van der Waals surface area contributed by atoms with E-state index in [4.69, 9.17) is 9.15 Å². The Kier molecular flexibility index (Phi) is 5.07. The first-order chi connectivity index (χ1) is 12.9. The van der Waals surface area contributed by atoms with Gasteiger partial charge in [0.1, 0.15) is 5.58 Å². The quantitative estimate of drug-likeness (QED) is 0.543. The lowest BCUT2D eigenvalue weighted by molar-refractivity contribution is -0.123. The van der Waals surface area contributed by atoms with Gasteiger partial charge in [0.2, 0.25) is 5.76 Å². The van der Waals surface area contributed by atoms with Crippen LogP contribution in [-0.4, -0.2) is 23.8 Å². The molecule has 138 valence electrons. The molecular weight excluding hydrogens is 346 g/mol. The predicted molar refractivity (Wildman–Crippen MR) is 101 cm³/mol. The van der Waals surface area contributed by atoms with Crippen molar-refractivity contribution in [1.82, 2.24) is 0 Å². The van der Waals surface area contributed by atoms with Crippen LogP contribution in [0.1, 0.15) is 40.3 Å². The van der Waals surface area contributed by atoms with E-state index in [0.717, 1.165) is 5.39 Å². The fourth-order valence-electron chi connectivity index (χ4n) is 2.70. The maximum atomic E-state index is 12.4. The van der Waals surface area contributed by atoms with Crippen LogP contribution in [0.4, 0.5) is 5.69 Å². The Balaban J connectivity index is 1.70. The van der Waals surface area contributed by atoms with E-state index in [0.29, 0.717) is 22.4 Å². The molecule has 0 saturated carbocycles. The van der Waals surface area contributed by atoms with E-state index in [-0.39, 0.29) is 11.5 Å². The average molecular weight is 365 g/mol. The maximum Gasteiger partial charge on any atom is 0.375 e. The number of hydrogen-bond acceptors (Lipinski definition) is 5. The number of carbonyl (C=O) groups is 3. The molecule has 0 fully saturated rings. The first kappa shape index (κ1) is 18.4. The first-order valence-corrected chi connectivity index (χ1v) is 8.48. The van der Waals surface area contributed by atoms with Crippen LogP contribution >= 0.6 is 0 Å². The molecule has 6 heteroatoms. The summed E-state index contributed by atoms with van der Waals surface area (Å²) in [6, 6.07) is 13.8. The molecule has 3 aromatic rings. The number of fused-ring (bicyclic) bond motifs is 1. The van der Waals surface area contributed by atoms with E-state index in [1.165, 1.54) is 13.8 Å². The number of anilines is 1. The summed E-state index contributed by atoms with van der Waals surface area (Å²) in [7, 11) is 0. The molecule has 1 amide bonds. The maximum absolute atomic E-state index is 12.4. The van der Waals surface area contributed by atoms with E-state index in [2.05, 4.69) is 5.32 Å². The lowest BCUT2D eigenvalue weighted by Crippen LogP contribution is -2.30. The zero-order valence-corrected chi connectivity index (χ0v) is 15.2. The number of carbonyl (C=O) groups excluding carboxylic acids is 3. The van der Waals surface area contributed by atoms with Crippen molar-refractivity contribution in [3.05, 3.63) is 65.4 Å². The Morgan fingerprint density at radius 1 is 1.07 bits per heavy atom. The molecule has 1 aromatic heterocycles. The van der Waals surface area contributed by atoms with E-state index >= 15 is 0 Å². The monoisotopic (exact) mass is 365 g/mol. The third-order valence-electron chi connectivity index (χ3n) is 4.22. The molecule has 1 N–H and O–H groups in total. The fraction of sp³-hybridized carbons (Fsp3) is 0.190. The molecule has 0 radical (unpaired) electrons. The average Bonchev–Trinajstić information content (AvgIpc) is 2.99. The number of nitrogens with one attached hydrogen (secondary N) is 1. The number of ketones is 1. The number of furan rings is 1. The molecular formula is C21H19NO5. The standard InChI is InChI=1S/C21H19NO5/c1-12-17-9-4-5-10-18(17)27-19(12)21(25)26-14(3)20(24)22-16-8-6-7-15(11-16)13(2)23/h4-11,14H,1-3H3,(H,22,24). The van der Waals surface area contributed by atoms with Crippen molar-refractivity contribution < 1.29 is 23.5 Å². The lowest BCUT2D eigenvalue weighted by atomic mass is 10.1. The fourth-order valence-corrected chi connectivity index (χ4v) is 2.70. The van der Waals surface area contributed by atoms with Crippen molar-refractivity contribution in [2.24, 2.45) is 0 Å². The number of esters is 1. The summed E-state index contributed by atoms with van der Waals surface area (Å²) >= 11 is 0. The third kappa shape index (κ3) is 3.89. The Labute approximate surface area is 156 Å². The summed E-state index contributed by atoms with van der Waals surface area (Å²) < 4.78 is 10.8. The first-order valence-electron chi connectivity index (χ1n) is 8.48. The van der Waals surface area contributed by atoms with Crippen molar-refractivity contribution in [1.29, 1.82) is 0 Å². The second-order valence-corrected chi connectivity index (χ2v) is 6.23. The largest absolute Gasteiger partial charge is 0.449 e. The highest BCUT2D eigenvalue weighted by molar-refractivity contribution is 6.00. The molecule has 0 bridgehead atoms. The number of ether oxygens (including phenoxy) is 1. The van der Waals surface area contributed by atoms with Crippen LogP contribution < -0.4 is 5.32 Å². The number of Topliss-reactive ketones (excluding diaryl/α,β-unsaturated/α-hetero) is 1. The zero-order chi connectivity index (χ0) is 19.6. The summed E-state index contributed by atoms with van der Waals surface area (Å²) in [6.45, 7) is 4.68. The number of benzene rings is 2. The van der Waals surface area contributed by atoms with Gasteiger partial charge in [0.25, 0.3) is 5.91 Å². The molecule has 0 saturated heterocycles. The minimum absolute atomic E-state index is 0.0782. The number of amides is 1. The van der Waals surface area contributed by atoms with Gasteiger partial charge in [-0.15, -0.1) is 0 Å². The van der Waals surface area contributed by atoms with Gasteiger partial charge in [-0.1, -0.05) is 30.3 Å². The smallest absolute Gasteiger partial charge is 0.375 e. The molecule has 0 spiro atoms. The predicted octanol–water partition coefficient (Wildman–Crippen LogP) is 4.13. The van der Waals surface area contributed by atoms with Crippen molar-refractivity contribution >= 4 is 34.3 Å². The zero-order valence-electron chi connectivity index (χ0n) is 15.2. The van der Waals surface area contributed by atoms with E-state index in [1.54, 1.807) is 37.3 Å². The molecule has 1 heterocycles. The van der Waals surface area contributed by atoms with Crippen LogP contribution in [0, 0.1) is 6.92 Å². The third-order valence-corrected chi connectivity index (χ3v) is 4.22. The summed E-state index contributed by atoms with van der Waals surface area (Å²) in [5, 5.41) is 3.46. The Hall–Kier alpha value is -3.41. The van der Waals surface area contributed by atoms with Gasteiger partial charge < -0.3 is 14.5 Å². The van der Waals surface area contributed by atoms with Gasteiger partial charge in [0.15, 0.2) is 11.9 Å². The molecule has 1 unspecified atom stereocenters. The minimum Gasteiger partial charge on any atom is -0.449 e. The number of rotatable bonds is 5. The molecule has 0 aliphatic carbocycles. The van der Waals surface area contributed by atoms with Gasteiger partial charge in [-0.3, -0.25) is 9.59 Å². The van der Waals surface area contributed by atoms with Crippen LogP contribution in [0.2, 0.25) is 0 Å². The molecule has 27 heavy (non-hydrogen) atoms. The van der Waals surface area contributed by atoms with E-state index in [9.17, 15) is 14.4 Å². The molecule has 2 aromatic carbocycles. The lowest BCUT2D eigenvalue weighted by Gasteiger charge is -2.13. The summed E-state index contributed by atoms with van der Waals surface area (Å²) in [4.78, 5) is 36.2. The van der Waals surface area contributed by atoms with Crippen LogP contribution in [0.15, 0.2) is 52.9 Å². The molecule has 0 aliphatic rings. The SMILES string of the molecule is CC(=O)c1cccc(NC(=O)C(C)OC(=O)c2oc3ccccc3c2C)c1. The van der Waals surface area contributed by atoms with Gasteiger partial charge in [-0.2, -0.15) is 0 Å². The Bertz CT molecular complexity index is 1030. The molecule has 1 atom stereocenters. The highest BCUT2D eigenvalue weighted by atomic mass is 16.6. The number of para-hydroxylation sites is 1. The second-order valence-electron chi connectivity index (χ2n) is 6.23. The van der Waals surface area contributed by atoms with Gasteiger partial charge in [-0.25, -0.2) is 4.79 Å². The Morgan fingerprint density at radius 3 is 2.52 bits per heavy atom. The van der Waals surface area contributed by atoms with Gasteiger partial charge >= 0.3 is 5.97 Å². The van der Waals surface area contributed by atoms with Crippen molar-refractivity contribution in [3.63, 3.8) is 0 Å². The summed E-state index contributed by atoms with van der Waals surface area (Å²) in [5.74, 6) is -1.23. The topological polar surface area (TPSA) is 85.6 Å². The number of aryl methyl sites for hydroxylation is 1. The number of hydrogen-bond donors (Lipinski definition) is 1. The van der Waals surface area contributed by atoms with Gasteiger partial charge in [0, 0.05) is 22.2 Å². The molecule has 6 nitrogen and oxygen atoms in total. The van der Waals surface area contributed by atoms with E-state index < -0.39 is 18.0 Å². The normalized spacial score (nSPS) is 11.8. The van der Waals surface area contributed by atoms with Crippen molar-refractivity contribution in [2.75, 3.05) is 5.32 Å². The van der Waals surface area contributed by atoms with Crippen molar-refractivity contribution in [2.45, 2.75) is 26.9 Å². The minimum atomic E-state index is -1.04.